The van der Waals surface area contributed by atoms with E-state index >= 15 is 0 Å². The molecular weight excluding hydrogens is 305 g/mol. The van der Waals surface area contributed by atoms with Crippen molar-refractivity contribution < 1.29 is 18.3 Å². The van der Waals surface area contributed by atoms with Crippen molar-refractivity contribution in [2.24, 2.45) is 0 Å². The number of benzene rings is 1. The molecular formula is C12H13F3N4OS. The van der Waals surface area contributed by atoms with Crippen molar-refractivity contribution in [2.45, 2.75) is 18.8 Å². The normalized spacial score (nSPS) is 13.4. The fraction of sp³-hybridized carbons (Fsp3) is 0.417. The van der Waals surface area contributed by atoms with Crippen LogP contribution < -0.4 is 0 Å². The second kappa shape index (κ2) is 6.44. The predicted octanol–water partition coefficient (Wildman–Crippen LogP) is 2.08. The Morgan fingerprint density at radius 2 is 2.14 bits per heavy atom. The zero-order valence-electron chi connectivity index (χ0n) is 11.1. The molecule has 5 nitrogen and oxygen atoms in total. The summed E-state index contributed by atoms with van der Waals surface area (Å²) in [5, 5.41) is 21.1. The van der Waals surface area contributed by atoms with Crippen molar-refractivity contribution >= 4 is 11.8 Å². The van der Waals surface area contributed by atoms with Gasteiger partial charge in [-0.1, -0.05) is 12.1 Å². The molecule has 0 saturated heterocycles. The highest BCUT2D eigenvalue weighted by molar-refractivity contribution is 7.98. The Morgan fingerprint density at radius 3 is 2.81 bits per heavy atom. The van der Waals surface area contributed by atoms with E-state index in [-0.39, 0.29) is 17.9 Å². The van der Waals surface area contributed by atoms with Crippen LogP contribution >= 0.6 is 11.8 Å². The van der Waals surface area contributed by atoms with Gasteiger partial charge in [0, 0.05) is 11.3 Å². The fourth-order valence-electron chi connectivity index (χ4n) is 1.70. The Kier molecular flexibility index (Phi) is 4.84. The summed E-state index contributed by atoms with van der Waals surface area (Å²) in [6.45, 7) is 0.146. The molecule has 2 rings (SSSR count). The minimum atomic E-state index is -4.42. The third-order valence-corrected chi connectivity index (χ3v) is 3.35. The van der Waals surface area contributed by atoms with E-state index in [0.717, 1.165) is 12.1 Å². The number of tetrazole rings is 1. The van der Waals surface area contributed by atoms with Gasteiger partial charge in [0.05, 0.1) is 18.2 Å². The molecule has 0 unspecified atom stereocenters. The standard InChI is InChI=1S/C12H13F3N4OS/c1-21-7-10(20)6-19-17-11(16-18-19)8-3-2-4-9(5-8)12(13,14)15/h2-5,10,20H,6-7H2,1H3/t10-/m0/s1. The zero-order chi connectivity index (χ0) is 15.5. The van der Waals surface area contributed by atoms with Gasteiger partial charge in [-0.25, -0.2) is 0 Å². The molecule has 0 radical (unpaired) electrons. The fourth-order valence-corrected chi connectivity index (χ4v) is 2.19. The number of hydrogen-bond acceptors (Lipinski definition) is 5. The molecule has 9 heteroatoms. The first-order valence-electron chi connectivity index (χ1n) is 6.02. The average Bonchev–Trinajstić information content (AvgIpc) is 2.86. The molecule has 0 fully saturated rings. The Balaban J connectivity index is 2.18. The molecule has 0 saturated carbocycles. The summed E-state index contributed by atoms with van der Waals surface area (Å²) in [5.41, 5.74) is -0.533. The van der Waals surface area contributed by atoms with Crippen molar-refractivity contribution in [3.8, 4) is 11.4 Å². The molecule has 0 amide bonds. The summed E-state index contributed by atoms with van der Waals surface area (Å²) in [5.74, 6) is 0.609. The SMILES string of the molecule is CSC[C@@H](O)Cn1nnc(-c2cccc(C(F)(F)F)c2)n1. The topological polar surface area (TPSA) is 63.8 Å². The molecule has 2 aromatic rings. The highest BCUT2D eigenvalue weighted by Crippen LogP contribution is 2.31. The predicted molar refractivity (Wildman–Crippen MR) is 72.6 cm³/mol. The van der Waals surface area contributed by atoms with Gasteiger partial charge in [0.2, 0.25) is 5.82 Å². The summed E-state index contributed by atoms with van der Waals surface area (Å²) < 4.78 is 37.9. The van der Waals surface area contributed by atoms with Gasteiger partial charge in [-0.2, -0.15) is 29.7 Å². The van der Waals surface area contributed by atoms with E-state index in [1.807, 2.05) is 6.26 Å². The smallest absolute Gasteiger partial charge is 0.390 e. The van der Waals surface area contributed by atoms with Crippen molar-refractivity contribution in [3.05, 3.63) is 29.8 Å². The molecule has 1 aromatic heterocycles. The quantitative estimate of drug-likeness (QED) is 0.914. The van der Waals surface area contributed by atoms with Crippen molar-refractivity contribution in [3.63, 3.8) is 0 Å². The van der Waals surface area contributed by atoms with Crippen LogP contribution in [0.15, 0.2) is 24.3 Å². The second-order valence-corrected chi connectivity index (χ2v) is 5.27. The highest BCUT2D eigenvalue weighted by Gasteiger charge is 2.30. The molecule has 1 N–H and O–H groups in total. The van der Waals surface area contributed by atoms with Crippen molar-refractivity contribution in [1.82, 2.24) is 20.2 Å². The van der Waals surface area contributed by atoms with Crippen LogP contribution in [-0.2, 0) is 12.7 Å². The van der Waals surface area contributed by atoms with Gasteiger partial charge in [0.1, 0.15) is 0 Å². The minimum absolute atomic E-state index is 0.0949. The molecule has 21 heavy (non-hydrogen) atoms. The zero-order valence-corrected chi connectivity index (χ0v) is 11.9. The number of thioether (sulfide) groups is 1. The number of aliphatic hydroxyl groups excluding tert-OH is 1. The Hall–Kier alpha value is -1.61. The van der Waals surface area contributed by atoms with Crippen LogP contribution in [-0.4, -0.2) is 43.4 Å². The highest BCUT2D eigenvalue weighted by atomic mass is 32.2. The Bertz CT molecular complexity index is 602. The maximum Gasteiger partial charge on any atom is 0.416 e. The average molecular weight is 318 g/mol. The summed E-state index contributed by atoms with van der Waals surface area (Å²) >= 11 is 1.47. The van der Waals surface area contributed by atoms with E-state index in [1.165, 1.54) is 28.7 Å². The first-order chi connectivity index (χ1) is 9.90. The van der Waals surface area contributed by atoms with E-state index in [2.05, 4.69) is 15.4 Å². The molecule has 0 spiro atoms. The maximum absolute atomic E-state index is 12.6. The van der Waals surface area contributed by atoms with Crippen LogP contribution in [0, 0.1) is 0 Å². The van der Waals surface area contributed by atoms with Gasteiger partial charge in [-0.3, -0.25) is 0 Å². The van der Waals surface area contributed by atoms with Gasteiger partial charge in [0.25, 0.3) is 0 Å². The van der Waals surface area contributed by atoms with Crippen LogP contribution in [0.4, 0.5) is 13.2 Å². The molecule has 1 heterocycles. The lowest BCUT2D eigenvalue weighted by Gasteiger charge is -2.07. The molecule has 0 aliphatic heterocycles. The largest absolute Gasteiger partial charge is 0.416 e. The van der Waals surface area contributed by atoms with Crippen LogP contribution in [0.3, 0.4) is 0 Å². The molecule has 0 bridgehead atoms. The number of hydrogen-bond donors (Lipinski definition) is 1. The monoisotopic (exact) mass is 318 g/mol. The van der Waals surface area contributed by atoms with Crippen LogP contribution in [0.5, 0.6) is 0 Å². The molecule has 0 aliphatic carbocycles. The van der Waals surface area contributed by atoms with E-state index in [9.17, 15) is 18.3 Å². The summed E-state index contributed by atoms with van der Waals surface area (Å²) in [6, 6.07) is 4.73. The van der Waals surface area contributed by atoms with Gasteiger partial charge in [-0.15, -0.1) is 10.2 Å². The van der Waals surface area contributed by atoms with E-state index in [4.69, 9.17) is 0 Å². The number of halogens is 3. The van der Waals surface area contributed by atoms with Gasteiger partial charge in [0.15, 0.2) is 0 Å². The Labute approximate surface area is 123 Å². The van der Waals surface area contributed by atoms with Crippen LogP contribution in [0.2, 0.25) is 0 Å². The lowest BCUT2D eigenvalue weighted by atomic mass is 10.1. The number of aliphatic hydroxyl groups is 1. The number of aromatic nitrogens is 4. The van der Waals surface area contributed by atoms with Gasteiger partial charge in [-0.05, 0) is 23.6 Å². The number of rotatable bonds is 5. The third kappa shape index (κ3) is 4.18. The van der Waals surface area contributed by atoms with Gasteiger partial charge >= 0.3 is 6.18 Å². The second-order valence-electron chi connectivity index (χ2n) is 4.36. The number of alkyl halides is 3. The van der Waals surface area contributed by atoms with E-state index in [0.29, 0.717) is 5.75 Å². The summed E-state index contributed by atoms with van der Waals surface area (Å²) in [7, 11) is 0. The Morgan fingerprint density at radius 1 is 1.38 bits per heavy atom. The number of nitrogens with zero attached hydrogens (tertiary/aromatic N) is 4. The van der Waals surface area contributed by atoms with Crippen molar-refractivity contribution in [2.75, 3.05) is 12.0 Å². The van der Waals surface area contributed by atoms with Gasteiger partial charge < -0.3 is 5.11 Å². The molecule has 1 atom stereocenters. The molecule has 114 valence electrons. The molecule has 1 aromatic carbocycles. The lowest BCUT2D eigenvalue weighted by Crippen LogP contribution is -2.20. The van der Waals surface area contributed by atoms with Crippen LogP contribution in [0.25, 0.3) is 11.4 Å². The maximum atomic E-state index is 12.6. The van der Waals surface area contributed by atoms with Crippen molar-refractivity contribution in [1.29, 1.82) is 0 Å². The molecule has 0 aliphatic rings. The summed E-state index contributed by atoms with van der Waals surface area (Å²) in [6.07, 6.45) is -3.20. The summed E-state index contributed by atoms with van der Waals surface area (Å²) in [4.78, 5) is 1.18. The first-order valence-corrected chi connectivity index (χ1v) is 7.42. The first kappa shape index (κ1) is 15.8. The third-order valence-electron chi connectivity index (χ3n) is 2.63. The van der Waals surface area contributed by atoms with Crippen LogP contribution in [0.1, 0.15) is 5.56 Å². The van der Waals surface area contributed by atoms with E-state index < -0.39 is 17.8 Å². The van der Waals surface area contributed by atoms with E-state index in [1.54, 1.807) is 0 Å². The minimum Gasteiger partial charge on any atom is -0.390 e. The lowest BCUT2D eigenvalue weighted by molar-refractivity contribution is -0.137.